The lowest BCUT2D eigenvalue weighted by molar-refractivity contribution is -0.146. The summed E-state index contributed by atoms with van der Waals surface area (Å²) in [5.74, 6) is 0.139. The quantitative estimate of drug-likeness (QED) is 0.385. The van der Waals surface area contributed by atoms with Crippen LogP contribution in [-0.2, 0) is 20.9 Å². The Hall–Kier alpha value is -4.35. The van der Waals surface area contributed by atoms with Gasteiger partial charge in [-0.1, -0.05) is 12.1 Å². The van der Waals surface area contributed by atoms with Gasteiger partial charge < -0.3 is 20.1 Å². The van der Waals surface area contributed by atoms with Crippen molar-refractivity contribution in [2.24, 2.45) is 5.41 Å². The van der Waals surface area contributed by atoms with Crippen molar-refractivity contribution >= 4 is 17.8 Å². The third-order valence-electron chi connectivity index (χ3n) is 7.64. The van der Waals surface area contributed by atoms with Gasteiger partial charge >= 0.3 is 5.97 Å². The highest BCUT2D eigenvalue weighted by atomic mass is 16.5. The second-order valence-electron chi connectivity index (χ2n) is 10.6. The number of carbonyl (C=O) groups is 3. The van der Waals surface area contributed by atoms with Gasteiger partial charge in [0.15, 0.2) is 6.61 Å². The number of benzene rings is 1. The Labute approximate surface area is 231 Å². The number of aromatic nitrogens is 5. The fourth-order valence-corrected chi connectivity index (χ4v) is 5.41. The highest BCUT2D eigenvalue weighted by Gasteiger charge is 2.57. The van der Waals surface area contributed by atoms with E-state index in [2.05, 4.69) is 31.0 Å². The number of rotatable bonds is 9. The first-order chi connectivity index (χ1) is 19.2. The average molecular weight is 548 g/mol. The number of nitrogens with one attached hydrogen (secondary N) is 2. The summed E-state index contributed by atoms with van der Waals surface area (Å²) in [6.07, 6.45) is 4.55. The Morgan fingerprint density at radius 2 is 1.95 bits per heavy atom. The molecule has 0 radical (unpaired) electrons. The number of pyridine rings is 1. The topological polar surface area (TPSA) is 150 Å². The van der Waals surface area contributed by atoms with E-state index in [9.17, 15) is 14.4 Å². The molecule has 0 aliphatic heterocycles. The first-order valence-electron chi connectivity index (χ1n) is 13.4. The number of amides is 2. The van der Waals surface area contributed by atoms with Crippen molar-refractivity contribution in [3.05, 3.63) is 53.3 Å². The summed E-state index contributed by atoms with van der Waals surface area (Å²) in [6.45, 7) is 3.21. The van der Waals surface area contributed by atoms with Crippen LogP contribution in [0.15, 0.2) is 36.4 Å². The number of nitrogens with zero attached hydrogens (tertiary/aromatic N) is 5. The van der Waals surface area contributed by atoms with Crippen LogP contribution < -0.4 is 15.4 Å². The van der Waals surface area contributed by atoms with Crippen LogP contribution in [0.4, 0.5) is 0 Å². The van der Waals surface area contributed by atoms with Gasteiger partial charge in [-0.3, -0.25) is 14.4 Å². The maximum Gasteiger partial charge on any atom is 0.303 e. The molecule has 40 heavy (non-hydrogen) atoms. The number of hydrogen-bond donors (Lipinski definition) is 2. The third-order valence-corrected chi connectivity index (χ3v) is 7.64. The molecule has 2 amide bonds. The zero-order chi connectivity index (χ0) is 28.3. The van der Waals surface area contributed by atoms with Crippen molar-refractivity contribution in [1.29, 1.82) is 0 Å². The third kappa shape index (κ3) is 6.27. The standard InChI is InChI=1S/C28H33N7O5/c1-17-11-20(13-23(30-17)27(38)29-15-19-5-4-6-22(12-19)39-3)26-32-34-35(33-26)24-14-28(24)9-7-21(8-10-28)31-25(37)16-40-18(2)36/h4-6,11-13,21,24H,7-10,14-16H2,1-3H3,(H,29,38)(H,31,37). The number of ether oxygens (including phenoxy) is 2. The van der Waals surface area contributed by atoms with Crippen molar-refractivity contribution in [2.45, 2.75) is 64.6 Å². The maximum absolute atomic E-state index is 12.9. The van der Waals surface area contributed by atoms with Gasteiger partial charge in [0.1, 0.15) is 11.4 Å². The van der Waals surface area contributed by atoms with Crippen molar-refractivity contribution in [3.63, 3.8) is 0 Å². The highest BCUT2D eigenvalue weighted by Crippen LogP contribution is 2.63. The van der Waals surface area contributed by atoms with E-state index in [4.69, 9.17) is 9.47 Å². The Bertz CT molecular complexity index is 1410. The van der Waals surface area contributed by atoms with Crippen LogP contribution >= 0.6 is 0 Å². The largest absolute Gasteiger partial charge is 0.497 e. The zero-order valence-corrected chi connectivity index (χ0v) is 22.8. The molecule has 1 aromatic carbocycles. The average Bonchev–Trinajstić information content (AvgIpc) is 3.41. The molecule has 5 rings (SSSR count). The summed E-state index contributed by atoms with van der Waals surface area (Å²) in [7, 11) is 1.60. The molecule has 1 spiro atoms. The number of tetrazole rings is 1. The van der Waals surface area contributed by atoms with Crippen LogP contribution in [-0.4, -0.2) is 62.7 Å². The molecule has 2 N–H and O–H groups in total. The number of esters is 1. The van der Waals surface area contributed by atoms with Crippen LogP contribution in [0.25, 0.3) is 11.4 Å². The molecule has 2 aromatic heterocycles. The summed E-state index contributed by atoms with van der Waals surface area (Å²) in [4.78, 5) is 41.9. The fraction of sp³-hybridized carbons (Fsp3) is 0.464. The number of carbonyl (C=O) groups excluding carboxylic acids is 3. The Balaban J connectivity index is 1.18. The molecule has 210 valence electrons. The molecule has 2 heterocycles. The predicted octanol–water partition coefficient (Wildman–Crippen LogP) is 2.54. The fourth-order valence-electron chi connectivity index (χ4n) is 5.41. The minimum Gasteiger partial charge on any atom is -0.497 e. The van der Waals surface area contributed by atoms with E-state index in [-0.39, 0.29) is 41.6 Å². The molecule has 2 saturated carbocycles. The Kier molecular flexibility index (Phi) is 7.76. The molecule has 2 aliphatic carbocycles. The lowest BCUT2D eigenvalue weighted by Gasteiger charge is -2.29. The van der Waals surface area contributed by atoms with Gasteiger partial charge in [-0.15, -0.1) is 10.2 Å². The first-order valence-corrected chi connectivity index (χ1v) is 13.4. The van der Waals surface area contributed by atoms with Crippen LogP contribution in [0, 0.1) is 12.3 Å². The lowest BCUT2D eigenvalue weighted by atomic mass is 9.83. The van der Waals surface area contributed by atoms with E-state index < -0.39 is 5.97 Å². The summed E-state index contributed by atoms with van der Waals surface area (Å²) in [6, 6.07) is 11.3. The molecule has 12 heteroatoms. The van der Waals surface area contributed by atoms with E-state index in [0.717, 1.165) is 43.4 Å². The zero-order valence-electron chi connectivity index (χ0n) is 22.8. The van der Waals surface area contributed by atoms with Gasteiger partial charge in [-0.05, 0) is 79.5 Å². The van der Waals surface area contributed by atoms with Crippen molar-refractivity contribution in [3.8, 4) is 17.1 Å². The monoisotopic (exact) mass is 547 g/mol. The van der Waals surface area contributed by atoms with E-state index in [1.807, 2.05) is 37.3 Å². The smallest absolute Gasteiger partial charge is 0.303 e. The van der Waals surface area contributed by atoms with Gasteiger partial charge in [-0.2, -0.15) is 4.80 Å². The molecule has 0 bridgehead atoms. The van der Waals surface area contributed by atoms with Gasteiger partial charge in [0, 0.05) is 30.8 Å². The second kappa shape index (κ2) is 11.4. The van der Waals surface area contributed by atoms with Gasteiger partial charge in [0.2, 0.25) is 5.82 Å². The molecule has 1 unspecified atom stereocenters. The summed E-state index contributed by atoms with van der Waals surface area (Å²) >= 11 is 0. The summed E-state index contributed by atoms with van der Waals surface area (Å²) in [5.41, 5.74) is 2.67. The lowest BCUT2D eigenvalue weighted by Crippen LogP contribution is -2.40. The van der Waals surface area contributed by atoms with Gasteiger partial charge in [0.25, 0.3) is 11.8 Å². The van der Waals surface area contributed by atoms with Crippen molar-refractivity contribution in [1.82, 2.24) is 35.8 Å². The number of aryl methyl sites for hydroxylation is 1. The van der Waals surface area contributed by atoms with E-state index in [1.165, 1.54) is 6.92 Å². The SMILES string of the molecule is COc1cccc(CNC(=O)c2cc(-c3nnn(C4CC45CCC(NC(=O)COC(C)=O)CC5)n3)cc(C)n2)c1. The minimum atomic E-state index is -0.468. The minimum absolute atomic E-state index is 0.0717. The molecular formula is C28H33N7O5. The molecule has 12 nitrogen and oxygen atoms in total. The van der Waals surface area contributed by atoms with Crippen LogP contribution in [0.1, 0.15) is 66.8 Å². The summed E-state index contributed by atoms with van der Waals surface area (Å²) < 4.78 is 10.0. The van der Waals surface area contributed by atoms with Crippen molar-refractivity contribution in [2.75, 3.05) is 13.7 Å². The molecule has 2 aliphatic rings. The van der Waals surface area contributed by atoms with Gasteiger partial charge in [-0.25, -0.2) is 4.98 Å². The van der Waals surface area contributed by atoms with E-state index in [1.54, 1.807) is 18.0 Å². The Morgan fingerprint density at radius 1 is 1.15 bits per heavy atom. The highest BCUT2D eigenvalue weighted by molar-refractivity contribution is 5.93. The van der Waals surface area contributed by atoms with E-state index >= 15 is 0 Å². The van der Waals surface area contributed by atoms with Crippen LogP contribution in [0.2, 0.25) is 0 Å². The molecular weight excluding hydrogens is 514 g/mol. The Morgan fingerprint density at radius 3 is 2.70 bits per heavy atom. The number of methoxy groups -OCH3 is 1. The molecule has 0 saturated heterocycles. The van der Waals surface area contributed by atoms with Crippen LogP contribution in [0.3, 0.4) is 0 Å². The molecule has 3 aromatic rings. The second-order valence-corrected chi connectivity index (χ2v) is 10.6. The van der Waals surface area contributed by atoms with Gasteiger partial charge in [0.05, 0.1) is 13.2 Å². The first kappa shape index (κ1) is 27.2. The van der Waals surface area contributed by atoms with Crippen molar-refractivity contribution < 1.29 is 23.9 Å². The summed E-state index contributed by atoms with van der Waals surface area (Å²) in [5, 5.41) is 19.1. The van der Waals surface area contributed by atoms with Crippen LogP contribution in [0.5, 0.6) is 5.75 Å². The molecule has 2 fully saturated rings. The normalized spacial score (nSPS) is 21.5. The molecule has 1 atom stereocenters. The predicted molar refractivity (Wildman–Crippen MR) is 143 cm³/mol. The maximum atomic E-state index is 12.9. The van der Waals surface area contributed by atoms with E-state index in [0.29, 0.717) is 23.6 Å². The number of hydrogen-bond acceptors (Lipinski definition) is 9.